The molecule has 0 bridgehead atoms. The molecule has 4 aromatic rings. The van der Waals surface area contributed by atoms with Gasteiger partial charge in [0.2, 0.25) is 0 Å². The van der Waals surface area contributed by atoms with E-state index in [2.05, 4.69) is 15.9 Å². The van der Waals surface area contributed by atoms with Crippen molar-refractivity contribution in [3.05, 3.63) is 102 Å². The number of aromatic nitrogens is 1. The Bertz CT molecular complexity index is 1680. The Hall–Kier alpha value is -3.49. The van der Waals surface area contributed by atoms with Crippen molar-refractivity contribution in [2.24, 2.45) is 4.99 Å². The number of phenolic OH excluding ortho intramolecular Hbond substituents is 1. The monoisotopic (exact) mass is 548 g/mol. The fourth-order valence-electron chi connectivity index (χ4n) is 4.27. The van der Waals surface area contributed by atoms with E-state index in [0.717, 1.165) is 20.8 Å². The lowest BCUT2D eigenvalue weighted by molar-refractivity contribution is -0.138. The summed E-state index contributed by atoms with van der Waals surface area (Å²) >= 11 is 4.67. The lowest BCUT2D eigenvalue weighted by Crippen LogP contribution is -2.35. The highest BCUT2D eigenvalue weighted by atomic mass is 79.9. The topological polar surface area (TPSA) is 80.9 Å². The van der Waals surface area contributed by atoms with E-state index >= 15 is 0 Å². The molecule has 0 saturated carbocycles. The zero-order valence-corrected chi connectivity index (χ0v) is 21.4. The number of carbonyl (C=O) groups excluding carboxylic acids is 1. The van der Waals surface area contributed by atoms with Gasteiger partial charge < -0.3 is 9.84 Å². The fourth-order valence-corrected chi connectivity index (χ4v) is 5.56. The third-order valence-electron chi connectivity index (χ3n) is 5.95. The second-order valence-electron chi connectivity index (χ2n) is 8.06. The number of rotatable bonds is 4. The van der Waals surface area contributed by atoms with Gasteiger partial charge >= 0.3 is 5.97 Å². The van der Waals surface area contributed by atoms with Gasteiger partial charge in [-0.05, 0) is 54.5 Å². The largest absolute Gasteiger partial charge is 0.507 e. The molecule has 1 aliphatic heterocycles. The van der Waals surface area contributed by atoms with Crippen molar-refractivity contribution in [2.75, 3.05) is 6.61 Å². The van der Waals surface area contributed by atoms with Gasteiger partial charge in [-0.25, -0.2) is 9.79 Å². The number of aromatic hydroxyl groups is 1. The van der Waals surface area contributed by atoms with Crippen LogP contribution in [0.3, 0.4) is 0 Å². The number of hydrogen-bond acceptors (Lipinski definition) is 6. The quantitative estimate of drug-likeness (QED) is 0.380. The number of nitrogens with zero attached hydrogens (tertiary/aromatic N) is 2. The molecule has 1 aliphatic rings. The zero-order chi connectivity index (χ0) is 24.7. The van der Waals surface area contributed by atoms with Crippen molar-refractivity contribution in [2.45, 2.75) is 19.9 Å². The number of allylic oxidation sites excluding steroid dienone is 1. The van der Waals surface area contributed by atoms with Gasteiger partial charge in [0, 0.05) is 15.7 Å². The first-order chi connectivity index (χ1) is 16.9. The Morgan fingerprint density at radius 2 is 1.91 bits per heavy atom. The Kier molecular flexibility index (Phi) is 6.17. The van der Waals surface area contributed by atoms with Gasteiger partial charge in [-0.1, -0.05) is 69.7 Å². The number of ether oxygens (including phenoxy) is 1. The second kappa shape index (κ2) is 9.28. The Labute approximate surface area is 213 Å². The number of phenols is 1. The van der Waals surface area contributed by atoms with Crippen molar-refractivity contribution >= 4 is 55.8 Å². The number of benzene rings is 3. The average Bonchev–Trinajstić information content (AvgIpc) is 3.16. The van der Waals surface area contributed by atoms with Crippen LogP contribution >= 0.6 is 27.3 Å². The smallest absolute Gasteiger partial charge is 0.338 e. The molecule has 0 aliphatic carbocycles. The van der Waals surface area contributed by atoms with Gasteiger partial charge in [0.15, 0.2) is 4.80 Å². The predicted molar refractivity (Wildman–Crippen MR) is 141 cm³/mol. The van der Waals surface area contributed by atoms with Gasteiger partial charge in [-0.2, -0.15) is 0 Å². The van der Waals surface area contributed by atoms with E-state index in [-0.39, 0.29) is 17.9 Å². The minimum absolute atomic E-state index is 0.0867. The summed E-state index contributed by atoms with van der Waals surface area (Å²) in [4.78, 5) is 31.8. The van der Waals surface area contributed by atoms with Crippen molar-refractivity contribution < 1.29 is 14.6 Å². The molecule has 8 heteroatoms. The third-order valence-corrected chi connectivity index (χ3v) is 7.46. The van der Waals surface area contributed by atoms with Crippen molar-refractivity contribution in [3.8, 4) is 5.75 Å². The maximum absolute atomic E-state index is 13.5. The Morgan fingerprint density at radius 3 is 2.66 bits per heavy atom. The number of fused-ring (bicyclic) bond motifs is 2. The molecule has 2 heterocycles. The van der Waals surface area contributed by atoms with Crippen LogP contribution < -0.4 is 14.9 Å². The van der Waals surface area contributed by atoms with Gasteiger partial charge in [0.05, 0.1) is 16.7 Å². The summed E-state index contributed by atoms with van der Waals surface area (Å²) in [5.74, 6) is -0.411. The van der Waals surface area contributed by atoms with Crippen LogP contribution in [0.2, 0.25) is 0 Å². The number of esters is 1. The number of thiazole rings is 1. The SMILES string of the molecule is CCOC(=O)C1=C(C)n2c(s/c(=C\c3c(O)ccc4ccccc34)c2=O)=N[C@H]1c1ccc(Br)cc1. The van der Waals surface area contributed by atoms with Gasteiger partial charge in [0.1, 0.15) is 11.8 Å². The Balaban J connectivity index is 1.76. The summed E-state index contributed by atoms with van der Waals surface area (Å²) in [6.07, 6.45) is 1.69. The summed E-state index contributed by atoms with van der Waals surface area (Å²) in [5, 5.41) is 12.4. The summed E-state index contributed by atoms with van der Waals surface area (Å²) in [6, 6.07) is 18.1. The van der Waals surface area contributed by atoms with Crippen LogP contribution in [0.25, 0.3) is 22.5 Å². The number of carbonyl (C=O) groups is 1. The summed E-state index contributed by atoms with van der Waals surface area (Å²) < 4.78 is 8.11. The third kappa shape index (κ3) is 4.13. The highest BCUT2D eigenvalue weighted by Gasteiger charge is 2.31. The maximum Gasteiger partial charge on any atom is 0.338 e. The van der Waals surface area contributed by atoms with Crippen LogP contribution in [0, 0.1) is 0 Å². The maximum atomic E-state index is 13.5. The molecule has 0 saturated heterocycles. The molecule has 0 amide bonds. The van der Waals surface area contributed by atoms with Crippen molar-refractivity contribution in [3.63, 3.8) is 0 Å². The minimum atomic E-state index is -0.598. The molecule has 5 rings (SSSR count). The van der Waals surface area contributed by atoms with E-state index < -0.39 is 12.0 Å². The van der Waals surface area contributed by atoms with E-state index in [4.69, 9.17) is 9.73 Å². The molecular formula is C27H21BrN2O4S. The molecule has 176 valence electrons. The molecule has 35 heavy (non-hydrogen) atoms. The molecule has 0 spiro atoms. The van der Waals surface area contributed by atoms with E-state index in [1.54, 1.807) is 26.0 Å². The first kappa shape index (κ1) is 23.3. The van der Waals surface area contributed by atoms with Crippen LogP contribution in [0.4, 0.5) is 0 Å². The first-order valence-corrected chi connectivity index (χ1v) is 12.7. The van der Waals surface area contributed by atoms with Crippen LogP contribution in [0.1, 0.15) is 31.0 Å². The molecule has 1 N–H and O–H groups in total. The molecule has 1 atom stereocenters. The normalized spacial score (nSPS) is 15.7. The highest BCUT2D eigenvalue weighted by molar-refractivity contribution is 9.10. The molecule has 1 aromatic heterocycles. The number of hydrogen-bond donors (Lipinski definition) is 1. The molecule has 3 aromatic carbocycles. The molecule has 0 radical (unpaired) electrons. The highest BCUT2D eigenvalue weighted by Crippen LogP contribution is 2.33. The second-order valence-corrected chi connectivity index (χ2v) is 9.98. The zero-order valence-electron chi connectivity index (χ0n) is 19.0. The first-order valence-electron chi connectivity index (χ1n) is 11.0. The lowest BCUT2D eigenvalue weighted by atomic mass is 9.97. The van der Waals surface area contributed by atoms with Crippen LogP contribution in [-0.2, 0) is 9.53 Å². The van der Waals surface area contributed by atoms with Crippen LogP contribution in [0.5, 0.6) is 5.75 Å². The standard InChI is InChI=1S/C27H21BrN2O4S/c1-3-34-26(33)23-15(2)30-25(32)22(14-20-19-7-5-4-6-16(19)10-13-21(20)31)35-27(30)29-24(23)17-8-11-18(28)12-9-17/h4-14,24,31H,3H2,1-2H3/b22-14-/t24-/m0/s1. The average molecular weight is 549 g/mol. The Morgan fingerprint density at radius 1 is 1.17 bits per heavy atom. The predicted octanol–water partition coefficient (Wildman–Crippen LogP) is 4.53. The van der Waals surface area contributed by atoms with E-state index in [1.165, 1.54) is 15.9 Å². The fraction of sp³-hybridized carbons (Fsp3) is 0.148. The van der Waals surface area contributed by atoms with Crippen LogP contribution in [0.15, 0.2) is 80.5 Å². The molecule has 6 nitrogen and oxygen atoms in total. The molecular weight excluding hydrogens is 528 g/mol. The van der Waals surface area contributed by atoms with Crippen molar-refractivity contribution in [1.29, 1.82) is 0 Å². The summed E-state index contributed by atoms with van der Waals surface area (Å²) in [5.41, 5.74) is 1.91. The van der Waals surface area contributed by atoms with E-state index in [0.29, 0.717) is 26.2 Å². The van der Waals surface area contributed by atoms with Crippen LogP contribution in [-0.4, -0.2) is 22.2 Å². The van der Waals surface area contributed by atoms with Gasteiger partial charge in [-0.15, -0.1) is 0 Å². The van der Waals surface area contributed by atoms with Gasteiger partial charge in [0.25, 0.3) is 5.56 Å². The molecule has 0 fully saturated rings. The van der Waals surface area contributed by atoms with E-state index in [1.807, 2.05) is 54.6 Å². The van der Waals surface area contributed by atoms with E-state index in [9.17, 15) is 14.7 Å². The van der Waals surface area contributed by atoms with Gasteiger partial charge in [-0.3, -0.25) is 9.36 Å². The lowest BCUT2D eigenvalue weighted by Gasteiger charge is -2.22. The van der Waals surface area contributed by atoms with Crippen molar-refractivity contribution in [1.82, 2.24) is 4.57 Å². The number of halogens is 1. The molecule has 0 unspecified atom stereocenters. The summed E-state index contributed by atoms with van der Waals surface area (Å²) in [7, 11) is 0. The minimum Gasteiger partial charge on any atom is -0.507 e. The summed E-state index contributed by atoms with van der Waals surface area (Å²) in [6.45, 7) is 3.70.